The van der Waals surface area contributed by atoms with Crippen LogP contribution in [0.2, 0.25) is 0 Å². The van der Waals surface area contributed by atoms with Gasteiger partial charge in [0.15, 0.2) is 0 Å². The summed E-state index contributed by atoms with van der Waals surface area (Å²) < 4.78 is 38.8. The van der Waals surface area contributed by atoms with E-state index in [1.54, 1.807) is 18.2 Å². The highest BCUT2D eigenvalue weighted by molar-refractivity contribution is 7.90. The average molecular weight is 488 g/mol. The topological polar surface area (TPSA) is 126 Å². The molecule has 9 nitrogen and oxygen atoms in total. The van der Waals surface area contributed by atoms with Crippen molar-refractivity contribution in [2.45, 2.75) is 42.1 Å². The zero-order chi connectivity index (χ0) is 24.2. The second kappa shape index (κ2) is 10.0. The first-order chi connectivity index (χ1) is 16.4. The zero-order valence-corrected chi connectivity index (χ0v) is 19.8. The van der Waals surface area contributed by atoms with Crippen LogP contribution in [0.3, 0.4) is 0 Å². The fourth-order valence-corrected chi connectivity index (χ4v) is 5.91. The van der Waals surface area contributed by atoms with Gasteiger partial charge in [-0.25, -0.2) is 13.2 Å². The Kier molecular flexibility index (Phi) is 7.08. The normalized spacial score (nSPS) is 24.2. The predicted molar refractivity (Wildman–Crippen MR) is 127 cm³/mol. The minimum absolute atomic E-state index is 0.144. The van der Waals surface area contributed by atoms with Gasteiger partial charge in [-0.1, -0.05) is 36.4 Å². The van der Waals surface area contributed by atoms with E-state index < -0.39 is 16.1 Å². The Balaban J connectivity index is 1.58. The molecule has 2 aromatic carbocycles. The molecule has 1 heterocycles. The maximum Gasteiger partial charge on any atom is 0.407 e. The molecule has 1 amide bonds. The van der Waals surface area contributed by atoms with Crippen LogP contribution in [-0.2, 0) is 20.2 Å². The molecule has 2 aliphatic rings. The number of rotatable bonds is 7. The quantitative estimate of drug-likeness (QED) is 0.550. The van der Waals surface area contributed by atoms with E-state index in [0.717, 1.165) is 18.4 Å². The van der Waals surface area contributed by atoms with Gasteiger partial charge < -0.3 is 19.9 Å². The van der Waals surface area contributed by atoms with E-state index in [2.05, 4.69) is 22.2 Å². The summed E-state index contributed by atoms with van der Waals surface area (Å²) >= 11 is 0. The number of hydrogen-bond donors (Lipinski definition) is 3. The van der Waals surface area contributed by atoms with Crippen LogP contribution >= 0.6 is 0 Å². The Hall–Kier alpha value is -3.11. The molecule has 1 aliphatic heterocycles. The molecular formula is C24H29N3O6S. The maximum absolute atomic E-state index is 12.6. The van der Waals surface area contributed by atoms with Crippen molar-refractivity contribution < 1.29 is 27.8 Å². The lowest BCUT2D eigenvalue weighted by molar-refractivity contribution is 0.0577. The average Bonchev–Trinajstić information content (AvgIpc) is 3.13. The van der Waals surface area contributed by atoms with Crippen molar-refractivity contribution in [3.8, 4) is 5.75 Å². The lowest BCUT2D eigenvalue weighted by Crippen LogP contribution is -2.40. The van der Waals surface area contributed by atoms with Gasteiger partial charge in [-0.05, 0) is 43.4 Å². The molecule has 4 rings (SSSR count). The predicted octanol–water partition coefficient (Wildman–Crippen LogP) is 2.33. The SMILES string of the molecule is COc1cccc2c1C(=NCC1(c3ccccc3)CCC(OC(=O)NCCO)CC1)NS2(=O)=O. The largest absolute Gasteiger partial charge is 0.496 e. The minimum Gasteiger partial charge on any atom is -0.496 e. The van der Waals surface area contributed by atoms with E-state index in [1.807, 2.05) is 18.2 Å². The molecule has 2 aromatic rings. The van der Waals surface area contributed by atoms with Crippen LogP contribution in [0.15, 0.2) is 58.4 Å². The molecule has 0 spiro atoms. The Morgan fingerprint density at radius 3 is 2.59 bits per heavy atom. The number of aliphatic imine (C=N–C) groups is 1. The van der Waals surface area contributed by atoms with Crippen LogP contribution in [-0.4, -0.2) is 58.4 Å². The summed E-state index contributed by atoms with van der Waals surface area (Å²) in [5.41, 5.74) is 1.24. The Bertz CT molecular complexity index is 1160. The molecule has 0 atom stereocenters. The number of amidine groups is 1. The van der Waals surface area contributed by atoms with E-state index in [0.29, 0.717) is 30.7 Å². The molecule has 0 radical (unpaired) electrons. The summed E-state index contributed by atoms with van der Waals surface area (Å²) in [5, 5.41) is 11.4. The number of carbonyl (C=O) groups is 1. The van der Waals surface area contributed by atoms with E-state index in [9.17, 15) is 13.2 Å². The number of methoxy groups -OCH3 is 1. The molecule has 1 saturated carbocycles. The first-order valence-corrected chi connectivity index (χ1v) is 12.7. The molecule has 10 heteroatoms. The fraction of sp³-hybridized carbons (Fsp3) is 0.417. The highest BCUT2D eigenvalue weighted by atomic mass is 32.2. The second-order valence-corrected chi connectivity index (χ2v) is 10.2. The number of nitrogens with one attached hydrogen (secondary N) is 2. The molecule has 0 saturated heterocycles. The molecule has 0 unspecified atom stereocenters. The van der Waals surface area contributed by atoms with E-state index in [4.69, 9.17) is 19.6 Å². The molecule has 3 N–H and O–H groups in total. The van der Waals surface area contributed by atoms with Crippen molar-refractivity contribution in [2.24, 2.45) is 4.99 Å². The first kappa shape index (κ1) is 24.0. The van der Waals surface area contributed by atoms with Crippen LogP contribution in [0.4, 0.5) is 4.79 Å². The number of amides is 1. The third-order valence-corrected chi connectivity index (χ3v) is 7.82. The standard InChI is InChI=1S/C24H29N3O6S/c1-32-19-8-5-9-20-21(19)22(27-34(20,30)31)26-16-24(17-6-3-2-4-7-17)12-10-18(11-13-24)33-23(29)25-14-15-28/h2-9,18,28H,10-16H2,1H3,(H,25,29)(H,26,27). The van der Waals surface area contributed by atoms with Crippen LogP contribution in [0.25, 0.3) is 0 Å². The van der Waals surface area contributed by atoms with Gasteiger partial charge in [-0.15, -0.1) is 0 Å². The summed E-state index contributed by atoms with van der Waals surface area (Å²) in [5.74, 6) is 0.731. The monoisotopic (exact) mass is 487 g/mol. The first-order valence-electron chi connectivity index (χ1n) is 11.2. The number of ether oxygens (including phenoxy) is 2. The van der Waals surface area contributed by atoms with Crippen LogP contribution < -0.4 is 14.8 Å². The van der Waals surface area contributed by atoms with Crippen LogP contribution in [0, 0.1) is 0 Å². The van der Waals surface area contributed by atoms with E-state index in [-0.39, 0.29) is 35.4 Å². The third-order valence-electron chi connectivity index (χ3n) is 6.44. The smallest absolute Gasteiger partial charge is 0.407 e. The van der Waals surface area contributed by atoms with Crippen molar-refractivity contribution in [3.63, 3.8) is 0 Å². The van der Waals surface area contributed by atoms with Gasteiger partial charge in [-0.3, -0.25) is 9.71 Å². The van der Waals surface area contributed by atoms with Crippen LogP contribution in [0.1, 0.15) is 36.8 Å². The molecule has 1 aliphatic carbocycles. The fourth-order valence-electron chi connectivity index (χ4n) is 4.66. The van der Waals surface area contributed by atoms with Gasteiger partial charge >= 0.3 is 6.09 Å². The van der Waals surface area contributed by atoms with Crippen molar-refractivity contribution in [1.82, 2.24) is 10.0 Å². The van der Waals surface area contributed by atoms with Gasteiger partial charge in [0.25, 0.3) is 10.0 Å². The summed E-state index contributed by atoms with van der Waals surface area (Å²) in [7, 11) is -2.20. The minimum atomic E-state index is -3.70. The van der Waals surface area contributed by atoms with Crippen molar-refractivity contribution >= 4 is 22.0 Å². The Morgan fingerprint density at radius 1 is 1.18 bits per heavy atom. The van der Waals surface area contributed by atoms with Crippen LogP contribution in [0.5, 0.6) is 5.75 Å². The van der Waals surface area contributed by atoms with Gasteiger partial charge in [0.2, 0.25) is 0 Å². The second-order valence-electron chi connectivity index (χ2n) is 8.51. The van der Waals surface area contributed by atoms with Gasteiger partial charge in [0.05, 0.1) is 25.8 Å². The van der Waals surface area contributed by atoms with Gasteiger partial charge in [0.1, 0.15) is 22.6 Å². The lowest BCUT2D eigenvalue weighted by Gasteiger charge is -2.39. The third kappa shape index (κ3) is 4.88. The summed E-state index contributed by atoms with van der Waals surface area (Å²) in [6, 6.07) is 14.9. The molecular weight excluding hydrogens is 458 g/mol. The maximum atomic E-state index is 12.6. The Morgan fingerprint density at radius 2 is 1.91 bits per heavy atom. The molecule has 0 aromatic heterocycles. The van der Waals surface area contributed by atoms with E-state index >= 15 is 0 Å². The zero-order valence-electron chi connectivity index (χ0n) is 19.0. The number of benzene rings is 2. The number of nitrogens with zero attached hydrogens (tertiary/aromatic N) is 1. The summed E-state index contributed by atoms with van der Waals surface area (Å²) in [4.78, 5) is 16.8. The van der Waals surface area contributed by atoms with Crippen molar-refractivity contribution in [1.29, 1.82) is 0 Å². The lowest BCUT2D eigenvalue weighted by atomic mass is 9.68. The highest BCUT2D eigenvalue weighted by Gasteiger charge is 2.39. The summed E-state index contributed by atoms with van der Waals surface area (Å²) in [6.07, 6.45) is 1.98. The van der Waals surface area contributed by atoms with Crippen molar-refractivity contribution in [2.75, 3.05) is 26.8 Å². The molecule has 1 fully saturated rings. The number of hydrogen-bond acceptors (Lipinski definition) is 7. The highest BCUT2D eigenvalue weighted by Crippen LogP contribution is 2.41. The number of aliphatic hydroxyl groups is 1. The number of fused-ring (bicyclic) bond motifs is 1. The molecule has 0 bridgehead atoms. The van der Waals surface area contributed by atoms with Crippen molar-refractivity contribution in [3.05, 3.63) is 59.7 Å². The van der Waals surface area contributed by atoms with E-state index in [1.165, 1.54) is 7.11 Å². The summed E-state index contributed by atoms with van der Waals surface area (Å²) in [6.45, 7) is 0.377. The molecule has 34 heavy (non-hydrogen) atoms. The number of aliphatic hydroxyl groups excluding tert-OH is 1. The number of carbonyl (C=O) groups excluding carboxylic acids is 1. The Labute approximate surface area is 199 Å². The number of sulfonamides is 1. The van der Waals surface area contributed by atoms with Gasteiger partial charge in [-0.2, -0.15) is 0 Å². The molecule has 182 valence electrons. The number of alkyl carbamates (subject to hydrolysis) is 1. The van der Waals surface area contributed by atoms with Gasteiger partial charge in [0, 0.05) is 12.0 Å².